The second-order valence-corrected chi connectivity index (χ2v) is 13.1. The minimum absolute atomic E-state index is 0.0322. The van der Waals surface area contributed by atoms with Crippen LogP contribution in [0.2, 0.25) is 0 Å². The number of ether oxygens (including phenoxy) is 2. The van der Waals surface area contributed by atoms with Gasteiger partial charge >= 0.3 is 11.9 Å². The fourth-order valence-electron chi connectivity index (χ4n) is 3.42. The molecule has 1 atom stereocenters. The number of aliphatic hydroxyl groups is 1. The van der Waals surface area contributed by atoms with E-state index in [1.807, 2.05) is 19.9 Å². The van der Waals surface area contributed by atoms with Crippen LogP contribution in [-0.2, 0) is 14.4 Å². The standard InChI is InChI=1S/C32H45N3O7/c1-30(2,3)28(39)41-24-16-15-22(17-25(24)42-29(40)31(4,5)6)23(36)18-34-32(7,8)20-33-26(37)19-35(9)27(38)21-13-11-10-12-14-21/h10-17,23,34,36H,18-20H2,1-9H3,(H,33,37). The maximum Gasteiger partial charge on any atom is 0.316 e. The number of benzene rings is 2. The molecule has 0 saturated heterocycles. The molecule has 2 aromatic rings. The van der Waals surface area contributed by atoms with Gasteiger partial charge in [-0.25, -0.2) is 0 Å². The molecule has 1 unspecified atom stereocenters. The summed E-state index contributed by atoms with van der Waals surface area (Å²) >= 11 is 0. The Balaban J connectivity index is 2.03. The Morgan fingerprint density at radius 1 is 0.833 bits per heavy atom. The lowest BCUT2D eigenvalue weighted by Crippen LogP contribution is -2.51. The first-order valence-corrected chi connectivity index (χ1v) is 13.9. The van der Waals surface area contributed by atoms with E-state index in [-0.39, 0.29) is 42.9 Å². The van der Waals surface area contributed by atoms with Crippen molar-refractivity contribution in [2.75, 3.05) is 26.7 Å². The minimum Gasteiger partial charge on any atom is -0.422 e. The van der Waals surface area contributed by atoms with Gasteiger partial charge in [0.15, 0.2) is 11.5 Å². The summed E-state index contributed by atoms with van der Waals surface area (Å²) in [6, 6.07) is 13.3. The zero-order valence-corrected chi connectivity index (χ0v) is 26.2. The van der Waals surface area contributed by atoms with Gasteiger partial charge in [0.1, 0.15) is 0 Å². The fourth-order valence-corrected chi connectivity index (χ4v) is 3.42. The lowest BCUT2D eigenvalue weighted by atomic mass is 9.97. The van der Waals surface area contributed by atoms with Crippen molar-refractivity contribution in [2.24, 2.45) is 10.8 Å². The van der Waals surface area contributed by atoms with Gasteiger partial charge in [-0.05, 0) is 85.2 Å². The van der Waals surface area contributed by atoms with Crippen LogP contribution in [-0.4, -0.2) is 66.0 Å². The lowest BCUT2D eigenvalue weighted by molar-refractivity contribution is -0.145. The number of nitrogens with one attached hydrogen (secondary N) is 2. The summed E-state index contributed by atoms with van der Waals surface area (Å²) < 4.78 is 11.1. The molecule has 0 heterocycles. The van der Waals surface area contributed by atoms with Crippen LogP contribution < -0.4 is 20.1 Å². The summed E-state index contributed by atoms with van der Waals surface area (Å²) in [5.41, 5.74) is -1.25. The molecule has 3 N–H and O–H groups in total. The van der Waals surface area contributed by atoms with Crippen molar-refractivity contribution in [3.05, 3.63) is 59.7 Å². The largest absolute Gasteiger partial charge is 0.422 e. The van der Waals surface area contributed by atoms with Crippen molar-refractivity contribution >= 4 is 23.8 Å². The predicted octanol–water partition coefficient (Wildman–Crippen LogP) is 3.88. The third-order valence-electron chi connectivity index (χ3n) is 6.23. The molecular weight excluding hydrogens is 538 g/mol. The number of amides is 2. The summed E-state index contributed by atoms with van der Waals surface area (Å²) in [6.45, 7) is 14.2. The summed E-state index contributed by atoms with van der Waals surface area (Å²) in [7, 11) is 1.57. The number of aliphatic hydroxyl groups excluding tert-OH is 1. The van der Waals surface area contributed by atoms with Gasteiger partial charge in [0.2, 0.25) is 5.91 Å². The average Bonchev–Trinajstić information content (AvgIpc) is 2.90. The second kappa shape index (κ2) is 13.9. The van der Waals surface area contributed by atoms with Gasteiger partial charge in [0, 0.05) is 31.2 Å². The highest BCUT2D eigenvalue weighted by molar-refractivity contribution is 5.96. The molecule has 0 aromatic heterocycles. The Bertz CT molecular complexity index is 1260. The summed E-state index contributed by atoms with van der Waals surface area (Å²) in [5.74, 6) is -1.47. The van der Waals surface area contributed by atoms with E-state index in [2.05, 4.69) is 10.6 Å². The van der Waals surface area contributed by atoms with Gasteiger partial charge in [0.25, 0.3) is 5.91 Å². The van der Waals surface area contributed by atoms with E-state index in [9.17, 15) is 24.3 Å². The third kappa shape index (κ3) is 10.6. The van der Waals surface area contributed by atoms with Crippen molar-refractivity contribution in [3.63, 3.8) is 0 Å². The number of hydrogen-bond donors (Lipinski definition) is 3. The van der Waals surface area contributed by atoms with Gasteiger partial charge in [-0.1, -0.05) is 24.3 Å². The molecule has 2 amide bonds. The Labute approximate surface area is 248 Å². The van der Waals surface area contributed by atoms with Crippen LogP contribution in [0, 0.1) is 10.8 Å². The fraction of sp³-hybridized carbons (Fsp3) is 0.500. The first kappa shape index (κ1) is 34.4. The molecular formula is C32H45N3O7. The summed E-state index contributed by atoms with van der Waals surface area (Å²) in [6.07, 6.45) is -1.01. The van der Waals surface area contributed by atoms with Crippen LogP contribution in [0.3, 0.4) is 0 Å². The quantitative estimate of drug-likeness (QED) is 0.268. The first-order chi connectivity index (χ1) is 19.3. The zero-order chi connectivity index (χ0) is 31.9. The van der Waals surface area contributed by atoms with Gasteiger partial charge in [-0.15, -0.1) is 0 Å². The number of esters is 2. The number of carbonyl (C=O) groups is 4. The number of hydrogen-bond acceptors (Lipinski definition) is 8. The summed E-state index contributed by atoms with van der Waals surface area (Å²) in [5, 5.41) is 17.0. The third-order valence-corrected chi connectivity index (χ3v) is 6.23. The molecule has 2 rings (SSSR count). The molecule has 0 radical (unpaired) electrons. The average molecular weight is 584 g/mol. The molecule has 0 spiro atoms. The first-order valence-electron chi connectivity index (χ1n) is 13.9. The highest BCUT2D eigenvalue weighted by Crippen LogP contribution is 2.34. The molecule has 0 bridgehead atoms. The molecule has 10 heteroatoms. The summed E-state index contributed by atoms with van der Waals surface area (Å²) in [4.78, 5) is 51.5. The van der Waals surface area contributed by atoms with Crippen molar-refractivity contribution in [2.45, 2.75) is 67.0 Å². The van der Waals surface area contributed by atoms with Crippen LogP contribution in [0.5, 0.6) is 11.5 Å². The van der Waals surface area contributed by atoms with E-state index in [0.717, 1.165) is 0 Å². The predicted molar refractivity (Wildman–Crippen MR) is 160 cm³/mol. The number of carbonyl (C=O) groups excluding carboxylic acids is 4. The number of likely N-dealkylation sites (N-methyl/N-ethyl adjacent to an activating group) is 1. The molecule has 0 fully saturated rings. The highest BCUT2D eigenvalue weighted by Gasteiger charge is 2.29. The maximum absolute atomic E-state index is 12.6. The van der Waals surface area contributed by atoms with Crippen LogP contribution in [0.4, 0.5) is 0 Å². The van der Waals surface area contributed by atoms with Gasteiger partial charge < -0.3 is 30.1 Å². The van der Waals surface area contributed by atoms with E-state index >= 15 is 0 Å². The molecule has 230 valence electrons. The van der Waals surface area contributed by atoms with Crippen molar-refractivity contribution in [1.82, 2.24) is 15.5 Å². The number of rotatable bonds is 11. The Kier molecular flexibility index (Phi) is 11.4. The van der Waals surface area contributed by atoms with E-state index in [0.29, 0.717) is 11.1 Å². The maximum atomic E-state index is 12.6. The lowest BCUT2D eigenvalue weighted by Gasteiger charge is -2.29. The minimum atomic E-state index is -1.01. The molecule has 0 aliphatic rings. The smallest absolute Gasteiger partial charge is 0.316 e. The zero-order valence-electron chi connectivity index (χ0n) is 26.2. The molecule has 2 aromatic carbocycles. The number of nitrogens with zero attached hydrogens (tertiary/aromatic N) is 1. The Hall–Kier alpha value is -3.76. The molecule has 0 aliphatic heterocycles. The number of β-amino-alcohol motifs (C(OH)–C–C–N with tert-alkyl or cyclic N) is 1. The van der Waals surface area contributed by atoms with Gasteiger partial charge in [-0.3, -0.25) is 19.2 Å². The van der Waals surface area contributed by atoms with Crippen molar-refractivity contribution < 1.29 is 33.8 Å². The van der Waals surface area contributed by atoms with Crippen molar-refractivity contribution in [1.29, 1.82) is 0 Å². The Morgan fingerprint density at radius 3 is 1.93 bits per heavy atom. The SMILES string of the molecule is CN(CC(=O)NCC(C)(C)NCC(O)c1ccc(OC(=O)C(C)(C)C)c(OC(=O)C(C)(C)C)c1)C(=O)c1ccccc1. The molecule has 42 heavy (non-hydrogen) atoms. The van der Waals surface area contributed by atoms with E-state index < -0.39 is 34.4 Å². The second-order valence-electron chi connectivity index (χ2n) is 13.1. The normalized spacial score (nSPS) is 12.7. The van der Waals surface area contributed by atoms with Crippen LogP contribution in [0.1, 0.15) is 77.4 Å². The molecule has 0 saturated carbocycles. The molecule has 0 aliphatic carbocycles. The highest BCUT2D eigenvalue weighted by atomic mass is 16.6. The van der Waals surface area contributed by atoms with Crippen molar-refractivity contribution in [3.8, 4) is 11.5 Å². The molecule has 10 nitrogen and oxygen atoms in total. The van der Waals surface area contributed by atoms with Gasteiger partial charge in [0.05, 0.1) is 23.5 Å². The topological polar surface area (TPSA) is 134 Å². The van der Waals surface area contributed by atoms with E-state index in [1.165, 1.54) is 17.0 Å². The van der Waals surface area contributed by atoms with Crippen LogP contribution >= 0.6 is 0 Å². The van der Waals surface area contributed by atoms with E-state index in [1.54, 1.807) is 78.9 Å². The monoisotopic (exact) mass is 583 g/mol. The van der Waals surface area contributed by atoms with Gasteiger partial charge in [-0.2, -0.15) is 0 Å². The van der Waals surface area contributed by atoms with Crippen LogP contribution in [0.15, 0.2) is 48.5 Å². The van der Waals surface area contributed by atoms with Crippen LogP contribution in [0.25, 0.3) is 0 Å². The Morgan fingerprint density at radius 2 is 1.38 bits per heavy atom. The van der Waals surface area contributed by atoms with E-state index in [4.69, 9.17) is 9.47 Å².